The fraction of sp³-hybridized carbons (Fsp3) is 0.192. The molecule has 3 aromatic carbocycles. The van der Waals surface area contributed by atoms with Gasteiger partial charge in [0.2, 0.25) is 0 Å². The lowest BCUT2D eigenvalue weighted by molar-refractivity contribution is -0.148. The second kappa shape index (κ2) is 9.85. The summed E-state index contributed by atoms with van der Waals surface area (Å²) in [5.41, 5.74) is 2.22. The third-order valence-corrected chi connectivity index (χ3v) is 5.16. The molecule has 0 aliphatic rings. The van der Waals surface area contributed by atoms with Crippen LogP contribution in [0.4, 0.5) is 0 Å². The number of rotatable bonds is 9. The van der Waals surface area contributed by atoms with Crippen LogP contribution in [0.2, 0.25) is 0 Å². The van der Waals surface area contributed by atoms with E-state index >= 15 is 0 Å². The first-order valence-corrected chi connectivity index (χ1v) is 9.86. The highest BCUT2D eigenvalue weighted by Crippen LogP contribution is 2.24. The maximum atomic E-state index is 12.4. The summed E-state index contributed by atoms with van der Waals surface area (Å²) in [5.74, 6) is -0.853. The van der Waals surface area contributed by atoms with Gasteiger partial charge in [-0.3, -0.25) is 4.90 Å². The van der Waals surface area contributed by atoms with E-state index in [-0.39, 0.29) is 0 Å². The van der Waals surface area contributed by atoms with Gasteiger partial charge in [0, 0.05) is 13.1 Å². The van der Waals surface area contributed by atoms with Crippen LogP contribution in [-0.4, -0.2) is 21.5 Å². The van der Waals surface area contributed by atoms with E-state index in [1.807, 2.05) is 108 Å². The fourth-order valence-electron chi connectivity index (χ4n) is 3.34. The highest BCUT2D eigenvalue weighted by molar-refractivity contribution is 5.81. The molecule has 0 saturated carbocycles. The maximum absolute atomic E-state index is 12.4. The Kier molecular flexibility index (Phi) is 6.99. The number of aliphatic carboxylic acids is 1. The van der Waals surface area contributed by atoms with Crippen LogP contribution >= 0.6 is 0 Å². The summed E-state index contributed by atoms with van der Waals surface area (Å²) < 4.78 is 0. The lowest BCUT2D eigenvalue weighted by Gasteiger charge is -2.36. The minimum atomic E-state index is -1.12. The predicted octanol–water partition coefficient (Wildman–Crippen LogP) is 5.33. The van der Waals surface area contributed by atoms with Crippen molar-refractivity contribution in [1.82, 2.24) is 4.90 Å². The molecule has 0 radical (unpaired) electrons. The molecule has 29 heavy (non-hydrogen) atoms. The van der Waals surface area contributed by atoms with Gasteiger partial charge in [-0.15, -0.1) is 0 Å². The lowest BCUT2D eigenvalue weighted by Crippen LogP contribution is -2.50. The van der Waals surface area contributed by atoms with Gasteiger partial charge in [0.05, 0.1) is 0 Å². The first-order chi connectivity index (χ1) is 14.1. The molecule has 3 rings (SSSR count). The van der Waals surface area contributed by atoms with Gasteiger partial charge in [-0.25, -0.2) is 4.79 Å². The number of carboxylic acid groups (broad SMARTS) is 1. The van der Waals surface area contributed by atoms with Gasteiger partial charge >= 0.3 is 5.97 Å². The second-order valence-corrected chi connectivity index (χ2v) is 7.37. The third kappa shape index (κ3) is 5.66. The van der Waals surface area contributed by atoms with Crippen LogP contribution in [0.1, 0.15) is 23.6 Å². The average Bonchev–Trinajstić information content (AvgIpc) is 2.75. The summed E-state index contributed by atoms with van der Waals surface area (Å²) >= 11 is 0. The first-order valence-electron chi connectivity index (χ1n) is 9.86. The van der Waals surface area contributed by atoms with Gasteiger partial charge in [-0.1, -0.05) is 103 Å². The van der Waals surface area contributed by atoms with Gasteiger partial charge in [0.25, 0.3) is 0 Å². The summed E-state index contributed by atoms with van der Waals surface area (Å²) in [7, 11) is 0. The molecular weight excluding hydrogens is 358 g/mol. The van der Waals surface area contributed by atoms with Crippen LogP contribution in [-0.2, 0) is 24.3 Å². The SMILES string of the molecule is CC(C=CCc1ccccc1)(C(=O)O)N(Cc1ccccc1)Cc1ccccc1. The minimum absolute atomic E-state index is 0.550. The minimum Gasteiger partial charge on any atom is -0.480 e. The quantitative estimate of drug-likeness (QED) is 0.506. The third-order valence-electron chi connectivity index (χ3n) is 5.16. The predicted molar refractivity (Wildman–Crippen MR) is 117 cm³/mol. The molecule has 0 heterocycles. The Morgan fingerprint density at radius 3 is 1.62 bits per heavy atom. The van der Waals surface area contributed by atoms with Gasteiger partial charge in [0.15, 0.2) is 0 Å². The van der Waals surface area contributed by atoms with Crippen molar-refractivity contribution in [3.8, 4) is 0 Å². The van der Waals surface area contributed by atoms with Crippen molar-refractivity contribution in [2.75, 3.05) is 0 Å². The highest BCUT2D eigenvalue weighted by atomic mass is 16.4. The largest absolute Gasteiger partial charge is 0.480 e. The van der Waals surface area contributed by atoms with Crippen molar-refractivity contribution >= 4 is 5.97 Å². The van der Waals surface area contributed by atoms with Crippen molar-refractivity contribution < 1.29 is 9.90 Å². The van der Waals surface area contributed by atoms with Gasteiger partial charge < -0.3 is 5.11 Å². The van der Waals surface area contributed by atoms with Gasteiger partial charge in [0.1, 0.15) is 5.54 Å². The zero-order valence-corrected chi connectivity index (χ0v) is 16.7. The monoisotopic (exact) mass is 385 g/mol. The summed E-state index contributed by atoms with van der Waals surface area (Å²) in [4.78, 5) is 14.4. The van der Waals surface area contributed by atoms with Crippen LogP contribution < -0.4 is 0 Å². The molecule has 1 unspecified atom stereocenters. The van der Waals surface area contributed by atoms with E-state index in [4.69, 9.17) is 0 Å². The van der Waals surface area contributed by atoms with Crippen LogP contribution in [0.15, 0.2) is 103 Å². The van der Waals surface area contributed by atoms with Crippen LogP contribution in [0, 0.1) is 0 Å². The Morgan fingerprint density at radius 2 is 1.21 bits per heavy atom. The molecule has 0 aromatic heterocycles. The van der Waals surface area contributed by atoms with E-state index in [1.54, 1.807) is 6.92 Å². The molecule has 1 N–H and O–H groups in total. The Morgan fingerprint density at radius 1 is 0.793 bits per heavy atom. The number of carboxylic acids is 1. The van der Waals surface area contributed by atoms with Crippen LogP contribution in [0.25, 0.3) is 0 Å². The fourth-order valence-corrected chi connectivity index (χ4v) is 3.34. The standard InChI is InChI=1S/C26H27NO2/c1-26(25(28)29,19-11-18-22-12-5-2-6-13-22)27(20-23-14-7-3-8-15-23)21-24-16-9-4-10-17-24/h2-17,19H,18,20-21H2,1H3,(H,28,29). The molecule has 3 aromatic rings. The maximum Gasteiger partial charge on any atom is 0.327 e. The lowest BCUT2D eigenvalue weighted by atomic mass is 9.96. The molecule has 0 amide bonds. The van der Waals surface area contributed by atoms with Crippen LogP contribution in [0.5, 0.6) is 0 Å². The van der Waals surface area contributed by atoms with E-state index in [2.05, 4.69) is 0 Å². The smallest absolute Gasteiger partial charge is 0.327 e. The normalized spacial score (nSPS) is 13.4. The van der Waals surface area contributed by atoms with Crippen molar-refractivity contribution in [3.05, 3.63) is 120 Å². The average molecular weight is 386 g/mol. The van der Waals surface area contributed by atoms with Crippen molar-refractivity contribution in [2.24, 2.45) is 0 Å². The van der Waals surface area contributed by atoms with Gasteiger partial charge in [-0.05, 0) is 30.0 Å². The molecule has 0 bridgehead atoms. The summed E-state index contributed by atoms with van der Waals surface area (Å²) in [6.45, 7) is 2.88. The Bertz CT molecular complexity index is 881. The van der Waals surface area contributed by atoms with E-state index in [9.17, 15) is 9.90 Å². The Hall–Kier alpha value is -3.17. The molecular formula is C26H27NO2. The van der Waals surface area contributed by atoms with Crippen molar-refractivity contribution in [3.63, 3.8) is 0 Å². The van der Waals surface area contributed by atoms with Gasteiger partial charge in [-0.2, -0.15) is 0 Å². The molecule has 1 atom stereocenters. The number of hydrogen-bond acceptors (Lipinski definition) is 2. The van der Waals surface area contributed by atoms with E-state index in [1.165, 1.54) is 0 Å². The van der Waals surface area contributed by atoms with E-state index in [0.29, 0.717) is 19.5 Å². The number of carbonyl (C=O) groups is 1. The molecule has 3 heteroatoms. The number of benzene rings is 3. The molecule has 0 fully saturated rings. The first kappa shape index (κ1) is 20.6. The molecule has 148 valence electrons. The zero-order valence-electron chi connectivity index (χ0n) is 16.7. The second-order valence-electron chi connectivity index (χ2n) is 7.37. The summed E-state index contributed by atoms with van der Waals surface area (Å²) in [6, 6.07) is 30.1. The van der Waals surface area contributed by atoms with Crippen molar-refractivity contribution in [2.45, 2.75) is 32.0 Å². The summed E-state index contributed by atoms with van der Waals surface area (Å²) in [6.07, 6.45) is 4.49. The number of allylic oxidation sites excluding steroid dienone is 1. The molecule has 0 aliphatic carbocycles. The van der Waals surface area contributed by atoms with E-state index < -0.39 is 11.5 Å². The molecule has 0 saturated heterocycles. The zero-order chi connectivity index (χ0) is 20.5. The Labute approximate surface area is 172 Å². The highest BCUT2D eigenvalue weighted by Gasteiger charge is 2.37. The van der Waals surface area contributed by atoms with Crippen molar-refractivity contribution in [1.29, 1.82) is 0 Å². The molecule has 3 nitrogen and oxygen atoms in total. The van der Waals surface area contributed by atoms with E-state index in [0.717, 1.165) is 16.7 Å². The molecule has 0 spiro atoms. The topological polar surface area (TPSA) is 40.5 Å². The molecule has 0 aliphatic heterocycles. The Balaban J connectivity index is 1.88. The van der Waals surface area contributed by atoms with Crippen LogP contribution in [0.3, 0.4) is 0 Å². The summed E-state index contributed by atoms with van der Waals surface area (Å²) in [5, 5.41) is 10.2. The number of hydrogen-bond donors (Lipinski definition) is 1. The number of nitrogens with zero attached hydrogens (tertiary/aromatic N) is 1.